The van der Waals surface area contributed by atoms with Crippen LogP contribution in [0, 0.1) is 6.92 Å². The summed E-state index contributed by atoms with van der Waals surface area (Å²) >= 11 is 0. The lowest BCUT2D eigenvalue weighted by molar-refractivity contribution is -0.138. The molecule has 2 rings (SSSR count). The van der Waals surface area contributed by atoms with Crippen LogP contribution in [-0.2, 0) is 19.1 Å². The summed E-state index contributed by atoms with van der Waals surface area (Å²) in [4.78, 5) is 23.1. The van der Waals surface area contributed by atoms with Crippen molar-refractivity contribution in [3.8, 4) is 11.5 Å². The average Bonchev–Trinajstić information content (AvgIpc) is 2.63. The van der Waals surface area contributed by atoms with Gasteiger partial charge in [-0.2, -0.15) is 0 Å². The molecule has 6 nitrogen and oxygen atoms in total. The summed E-state index contributed by atoms with van der Waals surface area (Å²) in [6.45, 7) is 1.96. The molecule has 0 radical (unpaired) electrons. The number of carbonyl (C=O) groups is 2. The lowest BCUT2D eigenvalue weighted by Gasteiger charge is -2.11. The first-order valence-corrected chi connectivity index (χ1v) is 7.52. The summed E-state index contributed by atoms with van der Waals surface area (Å²) in [5.41, 5.74) is 1.60. The van der Waals surface area contributed by atoms with Crippen molar-refractivity contribution in [2.45, 2.75) is 6.92 Å². The molecule has 1 N–H and O–H groups in total. The first-order valence-electron chi connectivity index (χ1n) is 7.52. The van der Waals surface area contributed by atoms with Gasteiger partial charge in [-0.15, -0.1) is 0 Å². The second kappa shape index (κ2) is 8.54. The highest BCUT2D eigenvalue weighted by Crippen LogP contribution is 2.26. The van der Waals surface area contributed by atoms with Crippen LogP contribution in [-0.4, -0.2) is 26.2 Å². The summed E-state index contributed by atoms with van der Waals surface area (Å²) in [5, 5.41) is 2.83. The molecule has 0 saturated carbocycles. The predicted octanol–water partition coefficient (Wildman–Crippen LogP) is 3.43. The molecule has 0 heterocycles. The van der Waals surface area contributed by atoms with E-state index < -0.39 is 11.9 Å². The number of aryl methyl sites for hydroxylation is 1. The molecule has 130 valence electrons. The highest BCUT2D eigenvalue weighted by molar-refractivity contribution is 5.98. The van der Waals surface area contributed by atoms with E-state index in [0.29, 0.717) is 11.4 Å². The van der Waals surface area contributed by atoms with Gasteiger partial charge in [-0.05, 0) is 42.8 Å². The van der Waals surface area contributed by atoms with Gasteiger partial charge in [0.15, 0.2) is 0 Å². The molecule has 0 bridgehead atoms. The van der Waals surface area contributed by atoms with E-state index in [1.165, 1.54) is 14.2 Å². The third kappa shape index (κ3) is 5.10. The Balaban J connectivity index is 2.13. The molecule has 0 fully saturated rings. The average molecular weight is 341 g/mol. The van der Waals surface area contributed by atoms with Gasteiger partial charge >= 0.3 is 11.9 Å². The summed E-state index contributed by atoms with van der Waals surface area (Å²) in [5.74, 6) is 0.0819. The monoisotopic (exact) mass is 341 g/mol. The number of benzene rings is 2. The molecule has 0 atom stereocenters. The zero-order valence-corrected chi connectivity index (χ0v) is 14.2. The van der Waals surface area contributed by atoms with Gasteiger partial charge in [-0.25, -0.2) is 9.59 Å². The number of hydrogen-bond donors (Lipinski definition) is 1. The molecule has 0 aliphatic carbocycles. The minimum Gasteiger partial charge on any atom is -0.466 e. The molecule has 0 amide bonds. The lowest BCUT2D eigenvalue weighted by Crippen LogP contribution is -2.15. The van der Waals surface area contributed by atoms with Crippen LogP contribution in [0.15, 0.2) is 60.3 Å². The van der Waals surface area contributed by atoms with Crippen molar-refractivity contribution in [2.75, 3.05) is 19.5 Å². The van der Waals surface area contributed by atoms with Gasteiger partial charge in [0.05, 0.1) is 20.3 Å². The van der Waals surface area contributed by atoms with Gasteiger partial charge in [0.2, 0.25) is 0 Å². The molecule has 0 unspecified atom stereocenters. The van der Waals surface area contributed by atoms with Gasteiger partial charge < -0.3 is 19.5 Å². The van der Waals surface area contributed by atoms with Crippen LogP contribution in [0.3, 0.4) is 0 Å². The first-order chi connectivity index (χ1) is 12.0. The Kier molecular flexibility index (Phi) is 6.17. The fraction of sp³-hybridized carbons (Fsp3) is 0.158. The van der Waals surface area contributed by atoms with Crippen molar-refractivity contribution in [1.82, 2.24) is 0 Å². The van der Waals surface area contributed by atoms with E-state index in [1.807, 2.05) is 31.2 Å². The van der Waals surface area contributed by atoms with Crippen LogP contribution in [0.5, 0.6) is 11.5 Å². The minimum absolute atomic E-state index is 0.0260. The molecular weight excluding hydrogens is 322 g/mol. The number of carbonyl (C=O) groups excluding carboxylic acids is 2. The SMILES string of the molecule is COC(=O)/C=C(/Nc1ccc(Oc2ccccc2C)cc1)C(=O)OC. The van der Waals surface area contributed by atoms with Crippen LogP contribution in [0.25, 0.3) is 0 Å². The fourth-order valence-electron chi connectivity index (χ4n) is 1.99. The van der Waals surface area contributed by atoms with Gasteiger partial charge in [-0.1, -0.05) is 18.2 Å². The highest BCUT2D eigenvalue weighted by Gasteiger charge is 2.12. The van der Waals surface area contributed by atoms with E-state index >= 15 is 0 Å². The minimum atomic E-state index is -0.675. The number of para-hydroxylation sites is 1. The van der Waals surface area contributed by atoms with E-state index in [-0.39, 0.29) is 5.70 Å². The maximum atomic E-state index is 11.7. The number of methoxy groups -OCH3 is 2. The van der Waals surface area contributed by atoms with Gasteiger partial charge in [0.1, 0.15) is 17.2 Å². The van der Waals surface area contributed by atoms with Crippen LogP contribution >= 0.6 is 0 Å². The van der Waals surface area contributed by atoms with E-state index in [9.17, 15) is 9.59 Å². The Labute approximate surface area is 146 Å². The second-order valence-electron chi connectivity index (χ2n) is 5.09. The van der Waals surface area contributed by atoms with E-state index in [2.05, 4.69) is 14.8 Å². The Morgan fingerprint density at radius 1 is 0.960 bits per heavy atom. The molecular formula is C19H19NO5. The molecule has 0 aliphatic heterocycles. The van der Waals surface area contributed by atoms with Crippen molar-refractivity contribution in [1.29, 1.82) is 0 Å². The maximum absolute atomic E-state index is 11.7. The number of hydrogen-bond acceptors (Lipinski definition) is 6. The van der Waals surface area contributed by atoms with Crippen molar-refractivity contribution in [2.24, 2.45) is 0 Å². The van der Waals surface area contributed by atoms with Gasteiger partial charge in [0, 0.05) is 5.69 Å². The highest BCUT2D eigenvalue weighted by atomic mass is 16.5. The molecule has 6 heteroatoms. The van der Waals surface area contributed by atoms with Crippen LogP contribution in [0.1, 0.15) is 5.56 Å². The topological polar surface area (TPSA) is 73.9 Å². The summed E-state index contributed by atoms with van der Waals surface area (Å²) in [6, 6.07) is 14.6. The summed E-state index contributed by atoms with van der Waals surface area (Å²) in [6.07, 6.45) is 1.03. The third-order valence-corrected chi connectivity index (χ3v) is 3.32. The lowest BCUT2D eigenvalue weighted by atomic mass is 10.2. The quantitative estimate of drug-likeness (QED) is 0.641. The standard InChI is InChI=1S/C19H19NO5/c1-13-6-4-5-7-17(13)25-15-10-8-14(9-11-15)20-16(19(22)24-3)12-18(21)23-2/h4-12,20H,1-3H3/b16-12+. The van der Waals surface area contributed by atoms with Crippen LogP contribution in [0.2, 0.25) is 0 Å². The normalized spacial score (nSPS) is 10.8. The predicted molar refractivity (Wildman–Crippen MR) is 93.4 cm³/mol. The Bertz CT molecular complexity index is 781. The smallest absolute Gasteiger partial charge is 0.354 e. The Morgan fingerprint density at radius 2 is 1.64 bits per heavy atom. The summed E-state index contributed by atoms with van der Waals surface area (Å²) < 4.78 is 15.0. The number of rotatable bonds is 6. The van der Waals surface area contributed by atoms with E-state index in [4.69, 9.17) is 4.74 Å². The third-order valence-electron chi connectivity index (χ3n) is 3.32. The number of esters is 2. The molecule has 0 spiro atoms. The van der Waals surface area contributed by atoms with Crippen molar-refractivity contribution >= 4 is 17.6 Å². The molecule has 2 aromatic carbocycles. The maximum Gasteiger partial charge on any atom is 0.354 e. The molecule has 25 heavy (non-hydrogen) atoms. The summed E-state index contributed by atoms with van der Waals surface area (Å²) in [7, 11) is 2.46. The largest absolute Gasteiger partial charge is 0.466 e. The number of nitrogens with one attached hydrogen (secondary N) is 1. The first kappa shape index (κ1) is 18.1. The molecule has 0 aromatic heterocycles. The molecule has 0 aliphatic rings. The Hall–Kier alpha value is -3.28. The Morgan fingerprint density at radius 3 is 2.24 bits per heavy atom. The van der Waals surface area contributed by atoms with Crippen molar-refractivity contribution < 1.29 is 23.8 Å². The fourth-order valence-corrected chi connectivity index (χ4v) is 1.99. The zero-order chi connectivity index (χ0) is 18.2. The molecule has 0 saturated heterocycles. The molecule has 2 aromatic rings. The van der Waals surface area contributed by atoms with Gasteiger partial charge in [-0.3, -0.25) is 0 Å². The van der Waals surface area contributed by atoms with Crippen LogP contribution in [0.4, 0.5) is 5.69 Å². The van der Waals surface area contributed by atoms with Crippen molar-refractivity contribution in [3.63, 3.8) is 0 Å². The van der Waals surface area contributed by atoms with Gasteiger partial charge in [0.25, 0.3) is 0 Å². The van der Waals surface area contributed by atoms with Crippen LogP contribution < -0.4 is 10.1 Å². The second-order valence-corrected chi connectivity index (χ2v) is 5.09. The van der Waals surface area contributed by atoms with Crippen molar-refractivity contribution in [3.05, 3.63) is 65.9 Å². The number of ether oxygens (including phenoxy) is 3. The number of anilines is 1. The zero-order valence-electron chi connectivity index (χ0n) is 14.2. The van der Waals surface area contributed by atoms with E-state index in [0.717, 1.165) is 17.4 Å². The van der Waals surface area contributed by atoms with E-state index in [1.54, 1.807) is 24.3 Å².